The van der Waals surface area contributed by atoms with Gasteiger partial charge in [0.15, 0.2) is 0 Å². The van der Waals surface area contributed by atoms with Gasteiger partial charge in [0.2, 0.25) is 0 Å². The van der Waals surface area contributed by atoms with Gasteiger partial charge in [0.1, 0.15) is 11.6 Å². The van der Waals surface area contributed by atoms with E-state index in [-0.39, 0.29) is 24.1 Å². The molecular formula is C9H12F3N3S. The molecule has 0 amide bonds. The van der Waals surface area contributed by atoms with Gasteiger partial charge in [-0.1, -0.05) is 6.07 Å². The van der Waals surface area contributed by atoms with Gasteiger partial charge < -0.3 is 10.6 Å². The summed E-state index contributed by atoms with van der Waals surface area (Å²) in [4.78, 5) is 4.11. The van der Waals surface area contributed by atoms with E-state index < -0.39 is 5.51 Å². The van der Waals surface area contributed by atoms with E-state index in [9.17, 15) is 13.2 Å². The largest absolute Gasteiger partial charge is 0.441 e. The Hall–Kier alpha value is -1.11. The summed E-state index contributed by atoms with van der Waals surface area (Å²) in [6.07, 6.45) is 0. The molecule has 3 nitrogen and oxygen atoms in total. The summed E-state index contributed by atoms with van der Waals surface area (Å²) in [5.74, 6) is 1.21. The van der Waals surface area contributed by atoms with Crippen molar-refractivity contribution in [3.05, 3.63) is 18.2 Å². The van der Waals surface area contributed by atoms with E-state index in [1.165, 1.54) is 0 Å². The monoisotopic (exact) mass is 251 g/mol. The maximum absolute atomic E-state index is 11.8. The van der Waals surface area contributed by atoms with Crippen LogP contribution >= 0.6 is 11.8 Å². The van der Waals surface area contributed by atoms with Crippen LogP contribution in [0, 0.1) is 0 Å². The molecule has 1 heterocycles. The summed E-state index contributed by atoms with van der Waals surface area (Å²) in [7, 11) is 1.73. The van der Waals surface area contributed by atoms with Crippen molar-refractivity contribution in [3.63, 3.8) is 0 Å². The van der Waals surface area contributed by atoms with Crippen molar-refractivity contribution in [2.24, 2.45) is 0 Å². The number of halogens is 3. The Morgan fingerprint density at radius 2 is 2.00 bits per heavy atom. The van der Waals surface area contributed by atoms with Crippen LogP contribution in [0.2, 0.25) is 0 Å². The van der Waals surface area contributed by atoms with Crippen molar-refractivity contribution in [2.75, 3.05) is 30.0 Å². The Morgan fingerprint density at radius 3 is 2.62 bits per heavy atom. The molecule has 1 aromatic heterocycles. The number of anilines is 2. The molecule has 0 saturated carbocycles. The minimum absolute atomic E-state index is 0.0328. The molecule has 16 heavy (non-hydrogen) atoms. The number of nitrogens with one attached hydrogen (secondary N) is 2. The minimum atomic E-state index is -4.16. The van der Waals surface area contributed by atoms with E-state index in [0.29, 0.717) is 11.6 Å². The van der Waals surface area contributed by atoms with E-state index in [2.05, 4.69) is 15.6 Å². The fourth-order valence-electron chi connectivity index (χ4n) is 1.02. The third-order valence-electron chi connectivity index (χ3n) is 1.68. The summed E-state index contributed by atoms with van der Waals surface area (Å²) in [6, 6.07) is 5.26. The van der Waals surface area contributed by atoms with Crippen LogP contribution < -0.4 is 10.6 Å². The van der Waals surface area contributed by atoms with Crippen molar-refractivity contribution in [2.45, 2.75) is 5.51 Å². The number of thioether (sulfide) groups is 1. The predicted octanol–water partition coefficient (Wildman–Crippen LogP) is 2.79. The molecule has 1 rings (SSSR count). The molecule has 0 aliphatic heterocycles. The first kappa shape index (κ1) is 13.0. The molecule has 0 bridgehead atoms. The van der Waals surface area contributed by atoms with Gasteiger partial charge in [0, 0.05) is 19.3 Å². The normalized spacial score (nSPS) is 11.2. The average molecular weight is 251 g/mol. The standard InChI is InChI=1S/C9H12F3N3S/c1-13-7-3-2-4-8(15-7)14-5-6-16-9(10,11)12/h2-4H,5-6H2,1H3,(H2,13,14,15). The molecule has 0 fully saturated rings. The average Bonchev–Trinajstić information content (AvgIpc) is 2.23. The fourth-order valence-corrected chi connectivity index (χ4v) is 1.45. The summed E-state index contributed by atoms with van der Waals surface area (Å²) in [5.41, 5.74) is -4.16. The zero-order valence-electron chi connectivity index (χ0n) is 8.64. The van der Waals surface area contributed by atoms with Crippen LogP contribution in [0.15, 0.2) is 18.2 Å². The van der Waals surface area contributed by atoms with Crippen molar-refractivity contribution in [1.82, 2.24) is 4.98 Å². The highest BCUT2D eigenvalue weighted by Gasteiger charge is 2.27. The molecular weight excluding hydrogens is 239 g/mol. The number of hydrogen-bond donors (Lipinski definition) is 2. The topological polar surface area (TPSA) is 37.0 Å². The van der Waals surface area contributed by atoms with Crippen molar-refractivity contribution in [3.8, 4) is 0 Å². The summed E-state index contributed by atoms with van der Waals surface area (Å²) in [5, 5.41) is 5.67. The maximum Gasteiger partial charge on any atom is 0.441 e. The van der Waals surface area contributed by atoms with Crippen molar-refractivity contribution in [1.29, 1.82) is 0 Å². The van der Waals surface area contributed by atoms with Gasteiger partial charge in [-0.05, 0) is 23.9 Å². The van der Waals surface area contributed by atoms with Crippen molar-refractivity contribution < 1.29 is 13.2 Å². The molecule has 0 aliphatic rings. The highest BCUT2D eigenvalue weighted by Crippen LogP contribution is 2.29. The van der Waals surface area contributed by atoms with Crippen LogP contribution in [-0.4, -0.2) is 29.8 Å². The first-order valence-corrected chi connectivity index (χ1v) is 5.59. The van der Waals surface area contributed by atoms with Gasteiger partial charge >= 0.3 is 5.51 Å². The Balaban J connectivity index is 2.32. The van der Waals surface area contributed by atoms with E-state index in [0.717, 1.165) is 0 Å². The Bertz CT molecular complexity index is 330. The highest BCUT2D eigenvalue weighted by atomic mass is 32.2. The van der Waals surface area contributed by atoms with Crippen LogP contribution in [0.4, 0.5) is 24.8 Å². The number of nitrogens with zero attached hydrogens (tertiary/aromatic N) is 1. The van der Waals surface area contributed by atoms with Gasteiger partial charge in [0.05, 0.1) is 0 Å². The number of pyridine rings is 1. The zero-order valence-corrected chi connectivity index (χ0v) is 9.45. The van der Waals surface area contributed by atoms with Crippen molar-refractivity contribution >= 4 is 23.4 Å². The molecule has 0 radical (unpaired) electrons. The molecule has 1 aromatic rings. The molecule has 7 heteroatoms. The number of hydrogen-bond acceptors (Lipinski definition) is 4. The molecule has 0 aromatic carbocycles. The van der Waals surface area contributed by atoms with Crippen LogP contribution in [0.5, 0.6) is 0 Å². The molecule has 90 valence electrons. The Kier molecular flexibility index (Phi) is 4.72. The third kappa shape index (κ3) is 5.11. The Morgan fingerprint density at radius 1 is 1.31 bits per heavy atom. The van der Waals surface area contributed by atoms with Crippen LogP contribution in [-0.2, 0) is 0 Å². The zero-order chi connectivity index (χ0) is 12.0. The van der Waals surface area contributed by atoms with Gasteiger partial charge in [-0.2, -0.15) is 13.2 Å². The fraction of sp³-hybridized carbons (Fsp3) is 0.444. The van der Waals surface area contributed by atoms with Gasteiger partial charge in [-0.3, -0.25) is 0 Å². The molecule has 0 atom stereocenters. The van der Waals surface area contributed by atoms with Gasteiger partial charge in [-0.15, -0.1) is 0 Å². The third-order valence-corrected chi connectivity index (χ3v) is 2.41. The summed E-state index contributed by atoms with van der Waals surface area (Å²) in [6.45, 7) is 0.227. The second-order valence-corrected chi connectivity index (χ2v) is 4.04. The summed E-state index contributed by atoms with van der Waals surface area (Å²) >= 11 is -0.0431. The first-order valence-electron chi connectivity index (χ1n) is 4.60. The quantitative estimate of drug-likeness (QED) is 0.789. The Labute approximate surface area is 95.8 Å². The second kappa shape index (κ2) is 5.83. The SMILES string of the molecule is CNc1cccc(NCCSC(F)(F)F)n1. The lowest BCUT2D eigenvalue weighted by molar-refractivity contribution is -0.0327. The molecule has 0 saturated heterocycles. The van der Waals surface area contributed by atoms with Gasteiger partial charge in [-0.25, -0.2) is 4.98 Å². The van der Waals surface area contributed by atoms with E-state index in [4.69, 9.17) is 0 Å². The molecule has 0 aliphatic carbocycles. The van der Waals surface area contributed by atoms with E-state index in [1.807, 2.05) is 0 Å². The lowest BCUT2D eigenvalue weighted by Crippen LogP contribution is -2.10. The smallest absolute Gasteiger partial charge is 0.373 e. The lowest BCUT2D eigenvalue weighted by Gasteiger charge is -2.08. The second-order valence-electron chi connectivity index (χ2n) is 2.88. The minimum Gasteiger partial charge on any atom is -0.373 e. The predicted molar refractivity (Wildman–Crippen MR) is 60.8 cm³/mol. The lowest BCUT2D eigenvalue weighted by atomic mass is 10.4. The van der Waals surface area contributed by atoms with Crippen LogP contribution in [0.25, 0.3) is 0 Å². The van der Waals surface area contributed by atoms with Crippen LogP contribution in [0.3, 0.4) is 0 Å². The van der Waals surface area contributed by atoms with Crippen LogP contribution in [0.1, 0.15) is 0 Å². The first-order chi connectivity index (χ1) is 7.51. The van der Waals surface area contributed by atoms with Gasteiger partial charge in [0.25, 0.3) is 0 Å². The molecule has 0 spiro atoms. The molecule has 0 unspecified atom stereocenters. The summed E-state index contributed by atoms with van der Waals surface area (Å²) < 4.78 is 35.4. The van der Waals surface area contributed by atoms with E-state index >= 15 is 0 Å². The molecule has 2 N–H and O–H groups in total. The highest BCUT2D eigenvalue weighted by molar-refractivity contribution is 8.00. The number of aromatic nitrogens is 1. The maximum atomic E-state index is 11.8. The number of rotatable bonds is 5. The number of alkyl halides is 3. The van der Waals surface area contributed by atoms with E-state index in [1.54, 1.807) is 25.2 Å².